The highest BCUT2D eigenvalue weighted by Crippen LogP contribution is 2.26. The van der Waals surface area contributed by atoms with Crippen molar-refractivity contribution < 1.29 is 0 Å². The van der Waals surface area contributed by atoms with Gasteiger partial charge < -0.3 is 10.6 Å². The molecule has 0 spiro atoms. The number of benzene rings is 1. The maximum absolute atomic E-state index is 4.40. The van der Waals surface area contributed by atoms with E-state index in [0.29, 0.717) is 6.04 Å². The van der Waals surface area contributed by atoms with E-state index in [9.17, 15) is 0 Å². The van der Waals surface area contributed by atoms with Crippen LogP contribution in [-0.2, 0) is 6.42 Å². The van der Waals surface area contributed by atoms with E-state index < -0.39 is 0 Å². The van der Waals surface area contributed by atoms with Crippen molar-refractivity contribution >= 4 is 5.96 Å². The van der Waals surface area contributed by atoms with Crippen molar-refractivity contribution in [2.45, 2.75) is 57.5 Å². The molecule has 1 unspecified atom stereocenters. The zero-order valence-corrected chi connectivity index (χ0v) is 15.2. The number of guanidine groups is 1. The van der Waals surface area contributed by atoms with Gasteiger partial charge in [0.15, 0.2) is 5.96 Å². The summed E-state index contributed by atoms with van der Waals surface area (Å²) in [7, 11) is 1.87. The normalized spacial score (nSPS) is 22.9. The molecule has 0 radical (unpaired) electrons. The molecule has 0 aromatic heterocycles. The average molecular weight is 329 g/mol. The summed E-state index contributed by atoms with van der Waals surface area (Å²) in [5, 5.41) is 7.08. The van der Waals surface area contributed by atoms with Crippen LogP contribution >= 0.6 is 0 Å². The third-order valence-electron chi connectivity index (χ3n) is 5.41. The Bertz CT molecular complexity index is 548. The molecule has 1 aliphatic carbocycles. The highest BCUT2D eigenvalue weighted by Gasteiger charge is 2.30. The maximum Gasteiger partial charge on any atom is 0.191 e. The van der Waals surface area contributed by atoms with Crippen LogP contribution in [0.15, 0.2) is 29.3 Å². The number of hydrogen-bond acceptors (Lipinski definition) is 2. The molecule has 2 fully saturated rings. The van der Waals surface area contributed by atoms with Crippen LogP contribution in [-0.4, -0.2) is 49.6 Å². The fraction of sp³-hybridized carbons (Fsp3) is 0.650. The molecule has 3 rings (SSSR count). The highest BCUT2D eigenvalue weighted by molar-refractivity contribution is 5.80. The summed E-state index contributed by atoms with van der Waals surface area (Å²) < 4.78 is 0. The number of nitrogens with zero attached hydrogens (tertiary/aromatic N) is 2. The summed E-state index contributed by atoms with van der Waals surface area (Å²) in [6.45, 7) is 5.47. The molecule has 2 N–H and O–H groups in total. The smallest absolute Gasteiger partial charge is 0.191 e. The molecule has 1 atom stereocenters. The van der Waals surface area contributed by atoms with Crippen molar-refractivity contribution in [2.24, 2.45) is 4.99 Å². The predicted octanol–water partition coefficient (Wildman–Crippen LogP) is 2.72. The van der Waals surface area contributed by atoms with Crippen LogP contribution in [0.3, 0.4) is 0 Å². The molecule has 4 nitrogen and oxygen atoms in total. The van der Waals surface area contributed by atoms with Crippen molar-refractivity contribution in [1.82, 2.24) is 15.5 Å². The van der Waals surface area contributed by atoms with E-state index in [1.807, 2.05) is 7.05 Å². The number of aliphatic imine (C=N–C) groups is 1. The van der Waals surface area contributed by atoms with Crippen LogP contribution in [0.4, 0.5) is 0 Å². The van der Waals surface area contributed by atoms with Crippen molar-refractivity contribution in [3.05, 3.63) is 35.4 Å². The van der Waals surface area contributed by atoms with Gasteiger partial charge in [0.25, 0.3) is 0 Å². The van der Waals surface area contributed by atoms with E-state index >= 15 is 0 Å². The number of aryl methyl sites for hydroxylation is 1. The van der Waals surface area contributed by atoms with Gasteiger partial charge in [0.1, 0.15) is 0 Å². The summed E-state index contributed by atoms with van der Waals surface area (Å²) in [4.78, 5) is 7.08. The minimum absolute atomic E-state index is 0.538. The Labute approximate surface area is 146 Å². The highest BCUT2D eigenvalue weighted by atomic mass is 15.3. The van der Waals surface area contributed by atoms with Crippen LogP contribution in [0.1, 0.15) is 43.2 Å². The van der Waals surface area contributed by atoms with Crippen LogP contribution < -0.4 is 10.6 Å². The van der Waals surface area contributed by atoms with Crippen LogP contribution in [0.25, 0.3) is 0 Å². The second-order valence-corrected chi connectivity index (χ2v) is 7.30. The monoisotopic (exact) mass is 328 g/mol. The third kappa shape index (κ3) is 4.73. The lowest BCUT2D eigenvalue weighted by atomic mass is 10.1. The average Bonchev–Trinajstić information content (AvgIpc) is 3.25. The van der Waals surface area contributed by atoms with Crippen molar-refractivity contribution in [1.29, 1.82) is 0 Å². The summed E-state index contributed by atoms with van der Waals surface area (Å²) in [6, 6.07) is 10.1. The van der Waals surface area contributed by atoms with E-state index in [1.54, 1.807) is 0 Å². The van der Waals surface area contributed by atoms with Crippen LogP contribution in [0.2, 0.25) is 0 Å². The van der Waals surface area contributed by atoms with Gasteiger partial charge in [-0.15, -0.1) is 0 Å². The second kappa shape index (κ2) is 8.52. The second-order valence-electron chi connectivity index (χ2n) is 7.30. The first-order chi connectivity index (χ1) is 11.7. The molecule has 4 heteroatoms. The number of nitrogens with one attached hydrogen (secondary N) is 2. The summed E-state index contributed by atoms with van der Waals surface area (Å²) in [5.41, 5.74) is 2.71. The van der Waals surface area contributed by atoms with Gasteiger partial charge in [0.2, 0.25) is 0 Å². The SMILES string of the molecule is CN=C(NCCc1cccc(C)c1)NC1CCN(C2CCCC2)C1. The Morgan fingerprint density at radius 2 is 2.08 bits per heavy atom. The maximum atomic E-state index is 4.40. The molecule has 24 heavy (non-hydrogen) atoms. The molecule has 1 saturated carbocycles. The Morgan fingerprint density at radius 1 is 1.25 bits per heavy atom. The van der Waals surface area contributed by atoms with Gasteiger partial charge in [0, 0.05) is 38.8 Å². The van der Waals surface area contributed by atoms with Crippen LogP contribution in [0, 0.1) is 6.92 Å². The van der Waals surface area contributed by atoms with Crippen LogP contribution in [0.5, 0.6) is 0 Å². The minimum Gasteiger partial charge on any atom is -0.356 e. The summed E-state index contributed by atoms with van der Waals surface area (Å²) in [6.07, 6.45) is 7.89. The Kier molecular flexibility index (Phi) is 6.13. The molecule has 1 aliphatic heterocycles. The Hall–Kier alpha value is -1.55. The largest absolute Gasteiger partial charge is 0.356 e. The molecule has 1 aromatic carbocycles. The molecule has 1 aromatic rings. The predicted molar refractivity (Wildman–Crippen MR) is 102 cm³/mol. The summed E-state index contributed by atoms with van der Waals surface area (Å²) >= 11 is 0. The molecular formula is C20H32N4. The number of rotatable bonds is 5. The zero-order chi connectivity index (χ0) is 16.8. The lowest BCUT2D eigenvalue weighted by molar-refractivity contribution is 0.242. The van der Waals surface area contributed by atoms with Gasteiger partial charge >= 0.3 is 0 Å². The lowest BCUT2D eigenvalue weighted by Crippen LogP contribution is -2.45. The van der Waals surface area contributed by atoms with E-state index in [0.717, 1.165) is 25.0 Å². The fourth-order valence-electron chi connectivity index (χ4n) is 4.09. The zero-order valence-electron chi connectivity index (χ0n) is 15.2. The van der Waals surface area contributed by atoms with E-state index in [1.165, 1.54) is 56.3 Å². The quantitative estimate of drug-likeness (QED) is 0.645. The molecule has 0 amide bonds. The first kappa shape index (κ1) is 17.3. The van der Waals surface area contributed by atoms with Gasteiger partial charge in [0.05, 0.1) is 0 Å². The van der Waals surface area contributed by atoms with E-state index in [2.05, 4.69) is 51.7 Å². The fourth-order valence-corrected chi connectivity index (χ4v) is 4.09. The molecule has 1 heterocycles. The van der Waals surface area contributed by atoms with E-state index in [4.69, 9.17) is 0 Å². The van der Waals surface area contributed by atoms with Gasteiger partial charge in [-0.3, -0.25) is 9.89 Å². The standard InChI is InChI=1S/C20H32N4/c1-16-6-5-7-17(14-16)10-12-22-20(21-2)23-18-11-13-24(15-18)19-8-3-4-9-19/h5-7,14,18-19H,3-4,8-13,15H2,1-2H3,(H2,21,22,23). The Balaban J connectivity index is 1.40. The van der Waals surface area contributed by atoms with Gasteiger partial charge in [-0.2, -0.15) is 0 Å². The topological polar surface area (TPSA) is 39.7 Å². The third-order valence-corrected chi connectivity index (χ3v) is 5.41. The molecule has 1 saturated heterocycles. The first-order valence-electron chi connectivity index (χ1n) is 9.51. The molecule has 132 valence electrons. The number of likely N-dealkylation sites (tertiary alicyclic amines) is 1. The van der Waals surface area contributed by atoms with Crippen molar-refractivity contribution in [3.63, 3.8) is 0 Å². The van der Waals surface area contributed by atoms with Crippen molar-refractivity contribution in [2.75, 3.05) is 26.7 Å². The Morgan fingerprint density at radius 3 is 2.83 bits per heavy atom. The minimum atomic E-state index is 0.538. The lowest BCUT2D eigenvalue weighted by Gasteiger charge is -2.24. The molecule has 2 aliphatic rings. The number of hydrogen-bond donors (Lipinski definition) is 2. The summed E-state index contributed by atoms with van der Waals surface area (Å²) in [5.74, 6) is 0.945. The van der Waals surface area contributed by atoms with Gasteiger partial charge in [-0.25, -0.2) is 0 Å². The molecular weight excluding hydrogens is 296 g/mol. The van der Waals surface area contributed by atoms with Crippen molar-refractivity contribution in [3.8, 4) is 0 Å². The van der Waals surface area contributed by atoms with Gasteiger partial charge in [-0.1, -0.05) is 42.7 Å². The first-order valence-corrected chi connectivity index (χ1v) is 9.51. The van der Waals surface area contributed by atoms with E-state index in [-0.39, 0.29) is 0 Å². The molecule has 0 bridgehead atoms. The van der Waals surface area contributed by atoms with Gasteiger partial charge in [-0.05, 0) is 38.2 Å².